The molecule has 0 bridgehead atoms. The fourth-order valence-corrected chi connectivity index (χ4v) is 3.83. The average molecular weight is 346 g/mol. The molecule has 0 saturated carbocycles. The van der Waals surface area contributed by atoms with Gasteiger partial charge in [-0.3, -0.25) is 19.3 Å². The van der Waals surface area contributed by atoms with E-state index in [1.54, 1.807) is 11.0 Å². The number of H-pyrrole nitrogens is 1. The minimum absolute atomic E-state index is 0.0688. The van der Waals surface area contributed by atoms with Gasteiger partial charge in [0.25, 0.3) is 11.5 Å². The quantitative estimate of drug-likeness (QED) is 0.772. The maximum Gasteiger partial charge on any atom is 0.261 e. The lowest BCUT2D eigenvalue weighted by Gasteiger charge is -2.49. The molecule has 2 aliphatic rings. The van der Waals surface area contributed by atoms with E-state index in [-0.39, 0.29) is 28.5 Å². The van der Waals surface area contributed by atoms with E-state index in [4.69, 9.17) is 0 Å². The second kappa shape index (κ2) is 6.63. The van der Waals surface area contributed by atoms with Gasteiger partial charge in [-0.15, -0.1) is 0 Å². The second-order valence-electron chi connectivity index (χ2n) is 7.29. The van der Waals surface area contributed by atoms with E-state index in [1.807, 2.05) is 13.8 Å². The van der Waals surface area contributed by atoms with Gasteiger partial charge in [0.05, 0.1) is 0 Å². The highest BCUT2D eigenvalue weighted by atomic mass is 16.2. The predicted octanol–water partition coefficient (Wildman–Crippen LogP) is 0.418. The smallest absolute Gasteiger partial charge is 0.261 e. The summed E-state index contributed by atoms with van der Waals surface area (Å²) < 4.78 is 0. The molecule has 2 saturated heterocycles. The van der Waals surface area contributed by atoms with Gasteiger partial charge in [0.15, 0.2) is 0 Å². The van der Waals surface area contributed by atoms with Gasteiger partial charge in [0.1, 0.15) is 5.56 Å². The molecule has 1 atom stereocenters. The van der Waals surface area contributed by atoms with Gasteiger partial charge in [0, 0.05) is 43.8 Å². The van der Waals surface area contributed by atoms with Crippen LogP contribution in [0.2, 0.25) is 0 Å². The summed E-state index contributed by atoms with van der Waals surface area (Å²) in [5.41, 5.74) is 1.34. The standard InChI is InChI=1S/C18H26N4O3/c1-12-10-14(16(24)20-13(12)2)17(25)22-9-8-21(3)18(11-22)5-4-15(23)19-7-6-18/h10H,4-9,11H2,1-3H3,(H,19,23)(H,20,24)/t18-/m0/s1. The lowest BCUT2D eigenvalue weighted by molar-refractivity contribution is -0.121. The molecule has 7 nitrogen and oxygen atoms in total. The van der Waals surface area contributed by atoms with Crippen molar-refractivity contribution in [2.45, 2.75) is 38.6 Å². The maximum absolute atomic E-state index is 13.0. The van der Waals surface area contributed by atoms with E-state index in [0.717, 1.165) is 30.6 Å². The van der Waals surface area contributed by atoms with Crippen LogP contribution in [0.25, 0.3) is 0 Å². The number of hydrogen-bond acceptors (Lipinski definition) is 4. The molecular weight excluding hydrogens is 320 g/mol. The van der Waals surface area contributed by atoms with E-state index in [1.165, 1.54) is 0 Å². The maximum atomic E-state index is 13.0. The van der Waals surface area contributed by atoms with Crippen LogP contribution in [0.3, 0.4) is 0 Å². The number of rotatable bonds is 1. The predicted molar refractivity (Wildman–Crippen MR) is 94.7 cm³/mol. The monoisotopic (exact) mass is 346 g/mol. The van der Waals surface area contributed by atoms with Crippen molar-refractivity contribution >= 4 is 11.8 Å². The van der Waals surface area contributed by atoms with Crippen LogP contribution >= 0.6 is 0 Å². The molecule has 2 N–H and O–H groups in total. The van der Waals surface area contributed by atoms with Crippen molar-refractivity contribution < 1.29 is 9.59 Å². The van der Waals surface area contributed by atoms with Gasteiger partial charge >= 0.3 is 0 Å². The first-order valence-electron chi connectivity index (χ1n) is 8.80. The third-order valence-corrected chi connectivity index (χ3v) is 5.75. The van der Waals surface area contributed by atoms with Crippen molar-refractivity contribution in [2.24, 2.45) is 0 Å². The molecule has 136 valence electrons. The molecule has 3 heterocycles. The van der Waals surface area contributed by atoms with E-state index < -0.39 is 0 Å². The highest BCUT2D eigenvalue weighted by molar-refractivity contribution is 5.94. The van der Waals surface area contributed by atoms with Crippen molar-refractivity contribution in [3.8, 4) is 0 Å². The van der Waals surface area contributed by atoms with Crippen LogP contribution < -0.4 is 10.9 Å². The average Bonchev–Trinajstić information content (AvgIpc) is 2.76. The Hall–Kier alpha value is -2.15. The zero-order chi connectivity index (χ0) is 18.2. The van der Waals surface area contributed by atoms with E-state index in [9.17, 15) is 14.4 Å². The summed E-state index contributed by atoms with van der Waals surface area (Å²) in [7, 11) is 2.06. The zero-order valence-electron chi connectivity index (χ0n) is 15.1. The minimum atomic E-state index is -0.334. The molecule has 1 aromatic rings. The normalized spacial score (nSPS) is 24.9. The number of aryl methyl sites for hydroxylation is 2. The van der Waals surface area contributed by atoms with Gasteiger partial charge in [-0.05, 0) is 45.4 Å². The van der Waals surface area contributed by atoms with Crippen LogP contribution in [-0.4, -0.2) is 65.4 Å². The number of aromatic nitrogens is 1. The van der Waals surface area contributed by atoms with Crippen molar-refractivity contribution in [2.75, 3.05) is 33.2 Å². The summed E-state index contributed by atoms with van der Waals surface area (Å²) in [5, 5.41) is 2.91. The van der Waals surface area contributed by atoms with Crippen molar-refractivity contribution in [3.63, 3.8) is 0 Å². The minimum Gasteiger partial charge on any atom is -0.356 e. The first-order chi connectivity index (χ1) is 11.8. The summed E-state index contributed by atoms with van der Waals surface area (Å²) in [5.74, 6) is -0.153. The highest BCUT2D eigenvalue weighted by Gasteiger charge is 2.42. The summed E-state index contributed by atoms with van der Waals surface area (Å²) in [6, 6.07) is 1.68. The number of nitrogens with one attached hydrogen (secondary N) is 2. The Labute approximate surface area is 147 Å². The fraction of sp³-hybridized carbons (Fsp3) is 0.611. The number of amides is 2. The molecule has 0 aromatic carbocycles. The Morgan fingerprint density at radius 3 is 2.72 bits per heavy atom. The number of carbonyl (C=O) groups excluding carboxylic acids is 2. The Morgan fingerprint density at radius 1 is 1.20 bits per heavy atom. The van der Waals surface area contributed by atoms with Crippen LogP contribution in [0, 0.1) is 13.8 Å². The lowest BCUT2D eigenvalue weighted by atomic mass is 9.86. The molecule has 2 amide bonds. The van der Waals surface area contributed by atoms with Crippen LogP contribution in [-0.2, 0) is 4.79 Å². The van der Waals surface area contributed by atoms with E-state index >= 15 is 0 Å². The zero-order valence-corrected chi connectivity index (χ0v) is 15.1. The van der Waals surface area contributed by atoms with Crippen molar-refractivity contribution in [3.05, 3.63) is 33.2 Å². The summed E-state index contributed by atoms with van der Waals surface area (Å²) in [4.78, 5) is 43.7. The first kappa shape index (κ1) is 17.7. The van der Waals surface area contributed by atoms with Crippen molar-refractivity contribution in [1.82, 2.24) is 20.1 Å². The van der Waals surface area contributed by atoms with Gasteiger partial charge in [-0.25, -0.2) is 0 Å². The first-order valence-corrected chi connectivity index (χ1v) is 8.80. The molecule has 25 heavy (non-hydrogen) atoms. The number of carbonyl (C=O) groups is 2. The number of likely N-dealkylation sites (N-methyl/N-ethyl adjacent to an activating group) is 1. The molecule has 7 heteroatoms. The molecule has 0 unspecified atom stereocenters. The summed E-state index contributed by atoms with van der Waals surface area (Å²) >= 11 is 0. The second-order valence-corrected chi connectivity index (χ2v) is 7.29. The van der Waals surface area contributed by atoms with Crippen LogP contribution in [0.4, 0.5) is 0 Å². The van der Waals surface area contributed by atoms with Gasteiger partial charge < -0.3 is 15.2 Å². The number of aromatic amines is 1. The fourth-order valence-electron chi connectivity index (χ4n) is 3.83. The number of pyridine rings is 1. The molecule has 2 aliphatic heterocycles. The van der Waals surface area contributed by atoms with E-state index in [0.29, 0.717) is 26.1 Å². The molecule has 1 aromatic heterocycles. The van der Waals surface area contributed by atoms with Crippen LogP contribution in [0.1, 0.15) is 40.9 Å². The third-order valence-electron chi connectivity index (χ3n) is 5.75. The third kappa shape index (κ3) is 3.33. The largest absolute Gasteiger partial charge is 0.356 e. The van der Waals surface area contributed by atoms with Crippen LogP contribution in [0.15, 0.2) is 10.9 Å². The lowest BCUT2D eigenvalue weighted by Crippen LogP contribution is -2.62. The SMILES string of the molecule is Cc1cc(C(=O)N2CCN(C)[C@@]3(CCNC(=O)CC3)C2)c(=O)[nH]c1C. The highest BCUT2D eigenvalue weighted by Crippen LogP contribution is 2.30. The Balaban J connectivity index is 1.86. The van der Waals surface area contributed by atoms with Gasteiger partial charge in [-0.2, -0.15) is 0 Å². The topological polar surface area (TPSA) is 85.5 Å². The molecule has 1 spiro atoms. The molecular formula is C18H26N4O3. The number of nitrogens with zero attached hydrogens (tertiary/aromatic N) is 2. The number of hydrogen-bond donors (Lipinski definition) is 2. The molecule has 2 fully saturated rings. The Morgan fingerprint density at radius 2 is 1.96 bits per heavy atom. The van der Waals surface area contributed by atoms with Crippen LogP contribution in [0.5, 0.6) is 0 Å². The summed E-state index contributed by atoms with van der Waals surface area (Å²) in [6.45, 7) is 6.20. The Bertz CT molecular complexity index is 757. The van der Waals surface area contributed by atoms with Crippen molar-refractivity contribution in [1.29, 1.82) is 0 Å². The molecule has 3 rings (SSSR count). The number of piperazine rings is 1. The van der Waals surface area contributed by atoms with Gasteiger partial charge in [0.2, 0.25) is 5.91 Å². The molecule has 0 aliphatic carbocycles. The van der Waals surface area contributed by atoms with Gasteiger partial charge in [-0.1, -0.05) is 0 Å². The van der Waals surface area contributed by atoms with E-state index in [2.05, 4.69) is 22.2 Å². The Kier molecular flexibility index (Phi) is 4.69. The summed E-state index contributed by atoms with van der Waals surface area (Å²) in [6.07, 6.45) is 2.00. The molecule has 0 radical (unpaired) electrons.